The summed E-state index contributed by atoms with van der Waals surface area (Å²) in [5.41, 5.74) is 7.32. The average molecular weight is 487 g/mol. The maximum atomic E-state index is 13.3. The van der Waals surface area contributed by atoms with E-state index >= 15 is 0 Å². The lowest BCUT2D eigenvalue weighted by atomic mass is 9.87. The van der Waals surface area contributed by atoms with Crippen LogP contribution >= 0.6 is 0 Å². The highest BCUT2D eigenvalue weighted by atomic mass is 16.1. The van der Waals surface area contributed by atoms with E-state index in [1.54, 1.807) is 0 Å². The first-order valence-electron chi connectivity index (χ1n) is 13.1. The number of hydrogen-bond acceptors (Lipinski definition) is 1. The maximum Gasteiger partial charge on any atom is 0.220 e. The van der Waals surface area contributed by atoms with Crippen LogP contribution in [-0.4, -0.2) is 17.0 Å². The quantitative estimate of drug-likeness (QED) is 0.232. The number of fused-ring (bicyclic) bond motifs is 1. The van der Waals surface area contributed by atoms with Gasteiger partial charge in [-0.3, -0.25) is 4.79 Å². The van der Waals surface area contributed by atoms with Gasteiger partial charge in [0.2, 0.25) is 5.91 Å². The Morgan fingerprint density at radius 2 is 1.30 bits per heavy atom. The van der Waals surface area contributed by atoms with Crippen molar-refractivity contribution in [2.75, 3.05) is 6.54 Å². The second kappa shape index (κ2) is 11.3. The standard InChI is InChI=1S/C34H34N2O/c1-25-17-19-28(20-18-25)31(32-24-36(2)33-16-10-9-15-30(32)33)23-34(37)35-22-21-29(26-11-5-3-6-12-26)27-13-7-4-8-14-27/h3-20,24,29,31H,21-23H2,1-2H3,(H,35,37)/t31-/m1/s1. The number of amides is 1. The number of carbonyl (C=O) groups is 1. The Balaban J connectivity index is 1.34. The van der Waals surface area contributed by atoms with E-state index in [1.165, 1.54) is 38.7 Å². The smallest absolute Gasteiger partial charge is 0.220 e. The summed E-state index contributed by atoms with van der Waals surface area (Å²) in [5.74, 6) is 0.317. The Labute approximate surface area is 219 Å². The zero-order valence-corrected chi connectivity index (χ0v) is 21.6. The minimum atomic E-state index is -0.00857. The summed E-state index contributed by atoms with van der Waals surface area (Å²) < 4.78 is 2.16. The van der Waals surface area contributed by atoms with Gasteiger partial charge in [-0.25, -0.2) is 0 Å². The molecule has 1 atom stereocenters. The summed E-state index contributed by atoms with van der Waals surface area (Å²) in [6.07, 6.45) is 3.45. The van der Waals surface area contributed by atoms with Crippen molar-refractivity contribution in [1.29, 1.82) is 0 Å². The molecular formula is C34H34N2O. The zero-order chi connectivity index (χ0) is 25.6. The van der Waals surface area contributed by atoms with E-state index in [-0.39, 0.29) is 17.7 Å². The van der Waals surface area contributed by atoms with Gasteiger partial charge in [-0.2, -0.15) is 0 Å². The Morgan fingerprint density at radius 3 is 1.95 bits per heavy atom. The molecule has 0 saturated carbocycles. The number of rotatable bonds is 9. The molecule has 0 aliphatic rings. The van der Waals surface area contributed by atoms with E-state index in [1.807, 2.05) is 12.1 Å². The lowest BCUT2D eigenvalue weighted by Gasteiger charge is -2.20. The third kappa shape index (κ3) is 5.67. The molecule has 3 heteroatoms. The van der Waals surface area contributed by atoms with Crippen molar-refractivity contribution >= 4 is 16.8 Å². The molecule has 0 fully saturated rings. The van der Waals surface area contributed by atoms with Crippen LogP contribution in [0.2, 0.25) is 0 Å². The number of nitrogens with one attached hydrogen (secondary N) is 1. The van der Waals surface area contributed by atoms with E-state index in [9.17, 15) is 4.79 Å². The lowest BCUT2D eigenvalue weighted by Crippen LogP contribution is -2.27. The van der Waals surface area contributed by atoms with E-state index < -0.39 is 0 Å². The predicted octanol–water partition coefficient (Wildman–Crippen LogP) is 7.35. The summed E-state index contributed by atoms with van der Waals surface area (Å²) in [6, 6.07) is 38.2. The van der Waals surface area contributed by atoms with Gasteiger partial charge in [0.15, 0.2) is 0 Å². The highest BCUT2D eigenvalue weighted by Crippen LogP contribution is 2.35. The Morgan fingerprint density at radius 1 is 0.730 bits per heavy atom. The molecule has 0 spiro atoms. The van der Waals surface area contributed by atoms with Crippen LogP contribution in [0.25, 0.3) is 10.9 Å². The monoisotopic (exact) mass is 486 g/mol. The molecule has 37 heavy (non-hydrogen) atoms. The van der Waals surface area contributed by atoms with Gasteiger partial charge in [0, 0.05) is 48.9 Å². The van der Waals surface area contributed by atoms with Gasteiger partial charge in [-0.05, 0) is 41.7 Å². The van der Waals surface area contributed by atoms with Crippen LogP contribution in [0.15, 0.2) is 115 Å². The topological polar surface area (TPSA) is 34.0 Å². The maximum absolute atomic E-state index is 13.3. The SMILES string of the molecule is Cc1ccc([C@@H](CC(=O)NCCC(c2ccccc2)c2ccccc2)c2cn(C)c3ccccc23)cc1. The largest absolute Gasteiger partial charge is 0.356 e. The first-order valence-corrected chi connectivity index (χ1v) is 13.1. The van der Waals surface area contributed by atoms with Gasteiger partial charge < -0.3 is 9.88 Å². The molecule has 5 aromatic rings. The normalized spacial score (nSPS) is 12.1. The van der Waals surface area contributed by atoms with E-state index in [0.717, 1.165) is 6.42 Å². The average Bonchev–Trinajstić information content (AvgIpc) is 3.27. The van der Waals surface area contributed by atoms with Gasteiger partial charge in [-0.1, -0.05) is 109 Å². The van der Waals surface area contributed by atoms with Crippen molar-refractivity contribution < 1.29 is 4.79 Å². The van der Waals surface area contributed by atoms with Crippen molar-refractivity contribution in [3.05, 3.63) is 143 Å². The second-order valence-corrected chi connectivity index (χ2v) is 9.89. The van der Waals surface area contributed by atoms with Crippen LogP contribution in [-0.2, 0) is 11.8 Å². The van der Waals surface area contributed by atoms with Crippen molar-refractivity contribution in [2.24, 2.45) is 7.05 Å². The van der Waals surface area contributed by atoms with Crippen LogP contribution < -0.4 is 5.32 Å². The van der Waals surface area contributed by atoms with E-state index in [0.29, 0.717) is 13.0 Å². The molecule has 0 bridgehead atoms. The molecule has 5 rings (SSSR count). The van der Waals surface area contributed by atoms with Crippen LogP contribution in [0.3, 0.4) is 0 Å². The molecule has 3 nitrogen and oxygen atoms in total. The minimum Gasteiger partial charge on any atom is -0.356 e. The first kappa shape index (κ1) is 24.6. The lowest BCUT2D eigenvalue weighted by molar-refractivity contribution is -0.121. The molecular weight excluding hydrogens is 452 g/mol. The van der Waals surface area contributed by atoms with Gasteiger partial charge in [0.1, 0.15) is 0 Å². The molecule has 1 aromatic heterocycles. The second-order valence-electron chi connectivity index (χ2n) is 9.89. The number of aromatic nitrogens is 1. The number of hydrogen-bond donors (Lipinski definition) is 1. The van der Waals surface area contributed by atoms with Crippen LogP contribution in [0.4, 0.5) is 0 Å². The van der Waals surface area contributed by atoms with Crippen LogP contribution in [0, 0.1) is 6.92 Å². The van der Waals surface area contributed by atoms with Crippen LogP contribution in [0.1, 0.15) is 52.5 Å². The molecule has 0 saturated heterocycles. The molecule has 186 valence electrons. The van der Waals surface area contributed by atoms with Gasteiger partial charge >= 0.3 is 0 Å². The third-order valence-corrected chi connectivity index (χ3v) is 7.33. The number of para-hydroxylation sites is 1. The molecule has 1 N–H and O–H groups in total. The van der Waals surface area contributed by atoms with Gasteiger partial charge in [0.25, 0.3) is 0 Å². The zero-order valence-electron chi connectivity index (χ0n) is 21.6. The van der Waals surface area contributed by atoms with Crippen molar-refractivity contribution in [3.63, 3.8) is 0 Å². The summed E-state index contributed by atoms with van der Waals surface area (Å²) in [7, 11) is 2.07. The number of benzene rings is 4. The van der Waals surface area contributed by atoms with Gasteiger partial charge in [-0.15, -0.1) is 0 Å². The highest BCUT2D eigenvalue weighted by molar-refractivity contribution is 5.86. The van der Waals surface area contributed by atoms with Gasteiger partial charge in [0.05, 0.1) is 0 Å². The Hall–Kier alpha value is -4.11. The summed E-state index contributed by atoms with van der Waals surface area (Å²) in [6.45, 7) is 2.72. The number of nitrogens with zero attached hydrogens (tertiary/aromatic N) is 1. The summed E-state index contributed by atoms with van der Waals surface area (Å²) in [4.78, 5) is 13.3. The molecule has 4 aromatic carbocycles. The van der Waals surface area contributed by atoms with E-state index in [2.05, 4.69) is 127 Å². The van der Waals surface area contributed by atoms with Crippen molar-refractivity contribution in [1.82, 2.24) is 9.88 Å². The van der Waals surface area contributed by atoms with Crippen molar-refractivity contribution in [2.45, 2.75) is 31.6 Å². The summed E-state index contributed by atoms with van der Waals surface area (Å²) in [5, 5.41) is 4.45. The fraction of sp³-hybridized carbons (Fsp3) is 0.206. The fourth-order valence-corrected chi connectivity index (χ4v) is 5.37. The van der Waals surface area contributed by atoms with Crippen LogP contribution in [0.5, 0.6) is 0 Å². The third-order valence-electron chi connectivity index (χ3n) is 7.33. The van der Waals surface area contributed by atoms with Crippen molar-refractivity contribution in [3.8, 4) is 0 Å². The number of carbonyl (C=O) groups excluding carboxylic acids is 1. The summed E-state index contributed by atoms with van der Waals surface area (Å²) >= 11 is 0. The Kier molecular flexibility index (Phi) is 7.51. The molecule has 0 aliphatic heterocycles. The minimum absolute atomic E-state index is 0.00857. The molecule has 0 aliphatic carbocycles. The first-order chi connectivity index (χ1) is 18.1. The fourth-order valence-electron chi connectivity index (χ4n) is 5.37. The Bertz CT molecular complexity index is 1410. The molecule has 0 unspecified atom stereocenters. The molecule has 1 heterocycles. The molecule has 0 radical (unpaired) electrons. The highest BCUT2D eigenvalue weighted by Gasteiger charge is 2.22. The van der Waals surface area contributed by atoms with E-state index in [4.69, 9.17) is 0 Å². The molecule has 1 amide bonds. The number of aryl methyl sites for hydroxylation is 2. The predicted molar refractivity (Wildman–Crippen MR) is 153 cm³/mol.